The fourth-order valence-electron chi connectivity index (χ4n) is 3.36. The van der Waals surface area contributed by atoms with Gasteiger partial charge in [-0.05, 0) is 42.7 Å². The van der Waals surface area contributed by atoms with Gasteiger partial charge in [-0.3, -0.25) is 14.6 Å². The largest absolute Gasteiger partial charge is 0.454 e. The summed E-state index contributed by atoms with van der Waals surface area (Å²) in [5, 5.41) is 5.84. The first-order valence-electron chi connectivity index (χ1n) is 9.13. The summed E-state index contributed by atoms with van der Waals surface area (Å²) in [6.45, 7) is 0.542. The molecule has 0 unspecified atom stereocenters. The number of fused-ring (bicyclic) bond motifs is 1. The molecule has 2 amide bonds. The Morgan fingerprint density at radius 1 is 1.04 bits per heavy atom. The predicted molar refractivity (Wildman–Crippen MR) is 97.7 cm³/mol. The predicted octanol–water partition coefficient (Wildman–Crippen LogP) is 2.41. The van der Waals surface area contributed by atoms with Gasteiger partial charge in [0.1, 0.15) is 5.69 Å². The summed E-state index contributed by atoms with van der Waals surface area (Å²) in [6.07, 6.45) is 5.81. The summed E-state index contributed by atoms with van der Waals surface area (Å²) in [5.41, 5.74) is 1.56. The van der Waals surface area contributed by atoms with Crippen molar-refractivity contribution in [1.29, 1.82) is 0 Å². The zero-order valence-electron chi connectivity index (χ0n) is 14.9. The number of hydrogen-bond acceptors (Lipinski definition) is 5. The number of rotatable bonds is 5. The van der Waals surface area contributed by atoms with Crippen LogP contribution in [0.25, 0.3) is 0 Å². The van der Waals surface area contributed by atoms with Crippen LogP contribution in [0.5, 0.6) is 11.5 Å². The van der Waals surface area contributed by atoms with Crippen molar-refractivity contribution < 1.29 is 19.1 Å². The Hall–Kier alpha value is -3.09. The van der Waals surface area contributed by atoms with E-state index in [0.717, 1.165) is 31.2 Å². The van der Waals surface area contributed by atoms with E-state index in [9.17, 15) is 9.59 Å². The fraction of sp³-hybridized carbons (Fsp3) is 0.350. The lowest BCUT2D eigenvalue weighted by Crippen LogP contribution is -2.33. The van der Waals surface area contributed by atoms with Crippen LogP contribution in [0.1, 0.15) is 52.1 Å². The van der Waals surface area contributed by atoms with Crippen molar-refractivity contribution in [1.82, 2.24) is 15.6 Å². The number of nitrogens with zero attached hydrogens (tertiary/aromatic N) is 1. The Balaban J connectivity index is 1.37. The summed E-state index contributed by atoms with van der Waals surface area (Å²) in [7, 11) is 0. The van der Waals surface area contributed by atoms with Crippen molar-refractivity contribution in [2.24, 2.45) is 0 Å². The van der Waals surface area contributed by atoms with E-state index in [4.69, 9.17) is 9.47 Å². The summed E-state index contributed by atoms with van der Waals surface area (Å²) in [4.78, 5) is 28.9. The molecule has 1 aliphatic heterocycles. The maximum Gasteiger partial charge on any atom is 0.270 e. The second kappa shape index (κ2) is 7.65. The van der Waals surface area contributed by atoms with Crippen LogP contribution in [-0.2, 0) is 6.54 Å². The minimum absolute atomic E-state index is 0.158. The van der Waals surface area contributed by atoms with E-state index in [2.05, 4.69) is 15.6 Å². The van der Waals surface area contributed by atoms with E-state index in [1.165, 1.54) is 12.3 Å². The molecule has 0 atom stereocenters. The van der Waals surface area contributed by atoms with E-state index in [-0.39, 0.29) is 30.3 Å². The molecule has 0 saturated heterocycles. The smallest absolute Gasteiger partial charge is 0.270 e. The molecule has 7 heteroatoms. The van der Waals surface area contributed by atoms with Gasteiger partial charge >= 0.3 is 0 Å². The van der Waals surface area contributed by atoms with Gasteiger partial charge in [-0.1, -0.05) is 18.9 Å². The summed E-state index contributed by atoms with van der Waals surface area (Å²) in [6, 6.07) is 8.90. The van der Waals surface area contributed by atoms with Gasteiger partial charge in [-0.2, -0.15) is 0 Å². The van der Waals surface area contributed by atoms with Gasteiger partial charge in [-0.25, -0.2) is 0 Å². The van der Waals surface area contributed by atoms with E-state index in [1.807, 2.05) is 18.2 Å². The molecule has 4 rings (SSSR count). The lowest BCUT2D eigenvalue weighted by molar-refractivity contribution is 0.0937. The molecule has 1 aliphatic carbocycles. The number of nitrogens with one attached hydrogen (secondary N) is 2. The van der Waals surface area contributed by atoms with Crippen molar-refractivity contribution in [3.05, 3.63) is 53.3 Å². The third-order valence-corrected chi connectivity index (χ3v) is 4.84. The Kier molecular flexibility index (Phi) is 4.91. The van der Waals surface area contributed by atoms with Crippen LogP contribution in [0.15, 0.2) is 36.5 Å². The van der Waals surface area contributed by atoms with Crippen molar-refractivity contribution in [2.75, 3.05) is 6.79 Å². The molecule has 140 valence electrons. The van der Waals surface area contributed by atoms with Crippen LogP contribution >= 0.6 is 0 Å². The molecule has 0 radical (unpaired) electrons. The number of amides is 2. The average molecular weight is 367 g/mol. The minimum Gasteiger partial charge on any atom is -0.454 e. The maximum atomic E-state index is 12.4. The molecule has 1 aromatic heterocycles. The van der Waals surface area contributed by atoms with Crippen LogP contribution in [0.3, 0.4) is 0 Å². The summed E-state index contributed by atoms with van der Waals surface area (Å²) in [5.74, 6) is 0.885. The molecule has 0 bridgehead atoms. The quantitative estimate of drug-likeness (QED) is 0.847. The lowest BCUT2D eigenvalue weighted by Gasteiger charge is -2.12. The van der Waals surface area contributed by atoms with Crippen LogP contribution < -0.4 is 20.1 Å². The first kappa shape index (κ1) is 17.3. The molecule has 2 aliphatic rings. The number of carbonyl (C=O) groups is 2. The molecular formula is C20H21N3O4. The van der Waals surface area contributed by atoms with Gasteiger partial charge in [0, 0.05) is 24.3 Å². The highest BCUT2D eigenvalue weighted by Gasteiger charge is 2.19. The van der Waals surface area contributed by atoms with Crippen molar-refractivity contribution >= 4 is 11.8 Å². The van der Waals surface area contributed by atoms with Crippen LogP contribution in [0, 0.1) is 0 Å². The molecule has 27 heavy (non-hydrogen) atoms. The second-order valence-corrected chi connectivity index (χ2v) is 6.75. The topological polar surface area (TPSA) is 89.6 Å². The third-order valence-electron chi connectivity index (χ3n) is 4.84. The van der Waals surface area contributed by atoms with E-state index >= 15 is 0 Å². The van der Waals surface area contributed by atoms with Crippen molar-refractivity contribution in [3.8, 4) is 11.5 Å². The minimum atomic E-state index is -0.330. The number of ether oxygens (including phenoxy) is 2. The standard InChI is InChI=1S/C20H21N3O4/c24-19(23-15-3-1-2-4-15)14-7-8-21-16(10-14)20(25)22-11-13-5-6-17-18(9-13)27-12-26-17/h5-10,15H,1-4,11-12H2,(H,22,25)(H,23,24). The van der Waals surface area contributed by atoms with E-state index in [1.54, 1.807) is 6.07 Å². The number of carbonyl (C=O) groups excluding carboxylic acids is 2. The zero-order chi connectivity index (χ0) is 18.6. The van der Waals surface area contributed by atoms with E-state index in [0.29, 0.717) is 23.6 Å². The highest BCUT2D eigenvalue weighted by Crippen LogP contribution is 2.32. The Morgan fingerprint density at radius 3 is 2.70 bits per heavy atom. The summed E-state index contributed by atoms with van der Waals surface area (Å²) >= 11 is 0. The van der Waals surface area contributed by atoms with Crippen LogP contribution in [-0.4, -0.2) is 29.6 Å². The van der Waals surface area contributed by atoms with Crippen LogP contribution in [0.2, 0.25) is 0 Å². The highest BCUT2D eigenvalue weighted by molar-refractivity contribution is 5.98. The van der Waals surface area contributed by atoms with E-state index < -0.39 is 0 Å². The number of aromatic nitrogens is 1. The average Bonchev–Trinajstić information content (AvgIpc) is 3.37. The first-order valence-corrected chi connectivity index (χ1v) is 9.13. The van der Waals surface area contributed by atoms with Gasteiger partial charge in [0.25, 0.3) is 11.8 Å². The molecule has 7 nitrogen and oxygen atoms in total. The molecule has 1 saturated carbocycles. The molecule has 2 aromatic rings. The Morgan fingerprint density at radius 2 is 1.85 bits per heavy atom. The first-order chi connectivity index (χ1) is 13.2. The molecule has 1 aromatic carbocycles. The third kappa shape index (κ3) is 4.02. The van der Waals surface area contributed by atoms with Gasteiger partial charge in [0.2, 0.25) is 6.79 Å². The number of benzene rings is 1. The highest BCUT2D eigenvalue weighted by atomic mass is 16.7. The SMILES string of the molecule is O=C(NC1CCCC1)c1ccnc(C(=O)NCc2ccc3c(c2)OCO3)c1. The lowest BCUT2D eigenvalue weighted by atomic mass is 10.1. The van der Waals surface area contributed by atoms with Crippen LogP contribution in [0.4, 0.5) is 0 Å². The van der Waals surface area contributed by atoms with Gasteiger partial charge in [0.15, 0.2) is 11.5 Å². The Bertz CT molecular complexity index is 862. The van der Waals surface area contributed by atoms with Gasteiger partial charge in [-0.15, -0.1) is 0 Å². The molecule has 1 fully saturated rings. The van der Waals surface area contributed by atoms with Crippen molar-refractivity contribution in [2.45, 2.75) is 38.3 Å². The maximum absolute atomic E-state index is 12.4. The molecule has 0 spiro atoms. The molecular weight excluding hydrogens is 346 g/mol. The normalized spacial score (nSPS) is 15.6. The fourth-order valence-corrected chi connectivity index (χ4v) is 3.36. The summed E-state index contributed by atoms with van der Waals surface area (Å²) < 4.78 is 10.6. The molecule has 2 heterocycles. The zero-order valence-corrected chi connectivity index (χ0v) is 14.9. The second-order valence-electron chi connectivity index (χ2n) is 6.75. The number of hydrogen-bond donors (Lipinski definition) is 2. The number of pyridine rings is 1. The molecule has 2 N–H and O–H groups in total. The van der Waals surface area contributed by atoms with Crippen molar-refractivity contribution in [3.63, 3.8) is 0 Å². The Labute approximate surface area is 157 Å². The van der Waals surface area contributed by atoms with Gasteiger partial charge < -0.3 is 20.1 Å². The monoisotopic (exact) mass is 367 g/mol. The van der Waals surface area contributed by atoms with Gasteiger partial charge in [0.05, 0.1) is 0 Å².